The van der Waals surface area contributed by atoms with Crippen LogP contribution in [0.5, 0.6) is 5.75 Å². The number of benzene rings is 2. The van der Waals surface area contributed by atoms with Crippen molar-refractivity contribution in [2.75, 3.05) is 6.61 Å². The largest absolute Gasteiger partial charge is 0.492 e. The lowest BCUT2D eigenvalue weighted by atomic mass is 9.88. The van der Waals surface area contributed by atoms with E-state index in [0.717, 1.165) is 12.2 Å². The van der Waals surface area contributed by atoms with Crippen molar-refractivity contribution in [2.45, 2.75) is 33.2 Å². The molecule has 2 N–H and O–H groups in total. The maximum atomic E-state index is 6.11. The summed E-state index contributed by atoms with van der Waals surface area (Å²) in [5.74, 6) is 0.881. The van der Waals surface area contributed by atoms with Crippen molar-refractivity contribution in [1.29, 1.82) is 0 Å². The SMILES string of the molecule is CC(C)(C)C(N)COc1ccc(Cc2ccccc2)cc1. The minimum Gasteiger partial charge on any atom is -0.492 e. The van der Waals surface area contributed by atoms with Gasteiger partial charge in [-0.2, -0.15) is 0 Å². The molecule has 0 heterocycles. The van der Waals surface area contributed by atoms with Gasteiger partial charge in [-0.3, -0.25) is 0 Å². The second-order valence-corrected chi connectivity index (χ2v) is 6.59. The molecule has 0 aliphatic heterocycles. The van der Waals surface area contributed by atoms with Crippen molar-refractivity contribution in [3.05, 3.63) is 65.7 Å². The summed E-state index contributed by atoms with van der Waals surface area (Å²) >= 11 is 0. The fourth-order valence-electron chi connectivity index (χ4n) is 1.97. The van der Waals surface area contributed by atoms with Crippen molar-refractivity contribution in [1.82, 2.24) is 0 Å². The summed E-state index contributed by atoms with van der Waals surface area (Å²) in [7, 11) is 0. The summed E-state index contributed by atoms with van der Waals surface area (Å²) in [5.41, 5.74) is 8.77. The Bertz CT molecular complexity index is 540. The molecule has 112 valence electrons. The van der Waals surface area contributed by atoms with Crippen LogP contribution in [0.25, 0.3) is 0 Å². The maximum Gasteiger partial charge on any atom is 0.119 e. The molecule has 0 aromatic heterocycles. The van der Waals surface area contributed by atoms with E-state index in [-0.39, 0.29) is 11.5 Å². The Labute approximate surface area is 127 Å². The van der Waals surface area contributed by atoms with Gasteiger partial charge in [-0.05, 0) is 35.1 Å². The fraction of sp³-hybridized carbons (Fsp3) is 0.368. The predicted octanol–water partition coefficient (Wildman–Crippen LogP) is 4.03. The van der Waals surface area contributed by atoms with E-state index in [0.29, 0.717) is 6.61 Å². The summed E-state index contributed by atoms with van der Waals surface area (Å²) in [4.78, 5) is 0. The summed E-state index contributed by atoms with van der Waals surface area (Å²) < 4.78 is 5.77. The van der Waals surface area contributed by atoms with Gasteiger partial charge in [-0.25, -0.2) is 0 Å². The average molecular weight is 283 g/mol. The molecule has 0 bridgehead atoms. The topological polar surface area (TPSA) is 35.2 Å². The Morgan fingerprint density at radius 3 is 2.05 bits per heavy atom. The van der Waals surface area contributed by atoms with Crippen molar-refractivity contribution in [3.8, 4) is 5.75 Å². The first-order valence-electron chi connectivity index (χ1n) is 7.46. The molecule has 2 rings (SSSR count). The van der Waals surface area contributed by atoms with Gasteiger partial charge in [-0.15, -0.1) is 0 Å². The summed E-state index contributed by atoms with van der Waals surface area (Å²) in [6, 6.07) is 18.8. The zero-order valence-electron chi connectivity index (χ0n) is 13.2. The van der Waals surface area contributed by atoms with E-state index in [9.17, 15) is 0 Å². The van der Waals surface area contributed by atoms with Gasteiger partial charge >= 0.3 is 0 Å². The number of ether oxygens (including phenoxy) is 1. The highest BCUT2D eigenvalue weighted by Crippen LogP contribution is 2.20. The standard InChI is InChI=1S/C19H25NO/c1-19(2,3)18(20)14-21-17-11-9-16(10-12-17)13-15-7-5-4-6-8-15/h4-12,18H,13-14,20H2,1-3H3. The lowest BCUT2D eigenvalue weighted by Crippen LogP contribution is -2.40. The number of rotatable bonds is 5. The molecule has 2 aromatic rings. The molecule has 0 aliphatic rings. The van der Waals surface area contributed by atoms with Crippen LogP contribution in [0.1, 0.15) is 31.9 Å². The van der Waals surface area contributed by atoms with E-state index in [4.69, 9.17) is 10.5 Å². The normalized spacial score (nSPS) is 13.0. The Morgan fingerprint density at radius 1 is 0.905 bits per heavy atom. The number of hydrogen-bond donors (Lipinski definition) is 1. The molecule has 0 radical (unpaired) electrons. The average Bonchev–Trinajstić information content (AvgIpc) is 2.46. The zero-order valence-corrected chi connectivity index (χ0v) is 13.2. The Morgan fingerprint density at radius 2 is 1.48 bits per heavy atom. The lowest BCUT2D eigenvalue weighted by Gasteiger charge is -2.26. The van der Waals surface area contributed by atoms with Crippen molar-refractivity contribution in [3.63, 3.8) is 0 Å². The lowest BCUT2D eigenvalue weighted by molar-refractivity contribution is 0.205. The van der Waals surface area contributed by atoms with Gasteiger partial charge in [-0.1, -0.05) is 63.2 Å². The molecule has 1 unspecified atom stereocenters. The highest BCUT2D eigenvalue weighted by Gasteiger charge is 2.20. The van der Waals surface area contributed by atoms with Crippen LogP contribution in [-0.4, -0.2) is 12.6 Å². The first-order chi connectivity index (χ1) is 9.95. The van der Waals surface area contributed by atoms with Crippen LogP contribution in [0, 0.1) is 5.41 Å². The van der Waals surface area contributed by atoms with Crippen LogP contribution in [0.3, 0.4) is 0 Å². The number of nitrogens with two attached hydrogens (primary N) is 1. The van der Waals surface area contributed by atoms with Crippen LogP contribution in [0.15, 0.2) is 54.6 Å². The highest BCUT2D eigenvalue weighted by molar-refractivity contribution is 5.31. The van der Waals surface area contributed by atoms with E-state index in [1.807, 2.05) is 18.2 Å². The summed E-state index contributed by atoms with van der Waals surface area (Å²) in [5, 5.41) is 0. The summed E-state index contributed by atoms with van der Waals surface area (Å²) in [6.07, 6.45) is 0.947. The summed E-state index contributed by atoms with van der Waals surface area (Å²) in [6.45, 7) is 6.93. The van der Waals surface area contributed by atoms with Gasteiger partial charge in [0.15, 0.2) is 0 Å². The Kier molecular flexibility index (Phi) is 5.03. The molecule has 2 aromatic carbocycles. The van der Waals surface area contributed by atoms with Gasteiger partial charge in [0.05, 0.1) is 0 Å². The first kappa shape index (κ1) is 15.6. The quantitative estimate of drug-likeness (QED) is 0.899. The molecule has 0 amide bonds. The third-order valence-electron chi connectivity index (χ3n) is 3.72. The van der Waals surface area contributed by atoms with Crippen molar-refractivity contribution < 1.29 is 4.74 Å². The second kappa shape index (κ2) is 6.77. The molecule has 2 nitrogen and oxygen atoms in total. The van der Waals surface area contributed by atoms with Crippen molar-refractivity contribution in [2.24, 2.45) is 11.1 Å². The molecule has 0 spiro atoms. The van der Waals surface area contributed by atoms with Crippen LogP contribution in [0.2, 0.25) is 0 Å². The van der Waals surface area contributed by atoms with E-state index in [1.165, 1.54) is 11.1 Å². The molecule has 21 heavy (non-hydrogen) atoms. The third-order valence-corrected chi connectivity index (χ3v) is 3.72. The minimum absolute atomic E-state index is 0.0292. The van der Waals surface area contributed by atoms with E-state index in [1.54, 1.807) is 0 Å². The van der Waals surface area contributed by atoms with Crippen LogP contribution >= 0.6 is 0 Å². The van der Waals surface area contributed by atoms with Crippen LogP contribution in [-0.2, 0) is 6.42 Å². The molecule has 0 saturated carbocycles. The molecule has 0 fully saturated rings. The smallest absolute Gasteiger partial charge is 0.119 e. The maximum absolute atomic E-state index is 6.11. The van der Waals surface area contributed by atoms with Gasteiger partial charge in [0.25, 0.3) is 0 Å². The Hall–Kier alpha value is -1.80. The van der Waals surface area contributed by atoms with E-state index in [2.05, 4.69) is 57.2 Å². The minimum atomic E-state index is 0.0292. The first-order valence-corrected chi connectivity index (χ1v) is 7.46. The molecular weight excluding hydrogens is 258 g/mol. The molecule has 0 saturated heterocycles. The van der Waals surface area contributed by atoms with Crippen molar-refractivity contribution >= 4 is 0 Å². The predicted molar refractivity (Wildman–Crippen MR) is 88.6 cm³/mol. The van der Waals surface area contributed by atoms with Gasteiger partial charge in [0, 0.05) is 6.04 Å². The van der Waals surface area contributed by atoms with Gasteiger partial charge < -0.3 is 10.5 Å². The van der Waals surface area contributed by atoms with Gasteiger partial charge in [0.2, 0.25) is 0 Å². The highest BCUT2D eigenvalue weighted by atomic mass is 16.5. The van der Waals surface area contributed by atoms with Gasteiger partial charge in [0.1, 0.15) is 12.4 Å². The second-order valence-electron chi connectivity index (χ2n) is 6.59. The Balaban J connectivity index is 1.90. The number of hydrogen-bond acceptors (Lipinski definition) is 2. The molecule has 2 heteroatoms. The third kappa shape index (κ3) is 4.91. The fourth-order valence-corrected chi connectivity index (χ4v) is 1.97. The molecule has 0 aliphatic carbocycles. The zero-order chi connectivity index (χ0) is 15.3. The van der Waals surface area contributed by atoms with Crippen LogP contribution < -0.4 is 10.5 Å². The molecule has 1 atom stereocenters. The monoisotopic (exact) mass is 283 g/mol. The van der Waals surface area contributed by atoms with Crippen LogP contribution in [0.4, 0.5) is 0 Å². The van der Waals surface area contributed by atoms with E-state index >= 15 is 0 Å². The molecular formula is C19H25NO. The van der Waals surface area contributed by atoms with E-state index < -0.39 is 0 Å².